The third-order valence-electron chi connectivity index (χ3n) is 2.82. The summed E-state index contributed by atoms with van der Waals surface area (Å²) in [5.41, 5.74) is 0.253. The predicted octanol–water partition coefficient (Wildman–Crippen LogP) is 2.31. The van der Waals surface area contributed by atoms with Crippen molar-refractivity contribution in [2.24, 2.45) is 0 Å². The van der Waals surface area contributed by atoms with Gasteiger partial charge in [0.05, 0.1) is 0 Å². The lowest BCUT2D eigenvalue weighted by Crippen LogP contribution is -2.47. The Morgan fingerprint density at radius 3 is 2.32 bits per heavy atom. The average Bonchev–Trinajstić information content (AvgIpc) is 2.42. The van der Waals surface area contributed by atoms with Gasteiger partial charge in [0.1, 0.15) is 17.4 Å². The van der Waals surface area contributed by atoms with Gasteiger partial charge in [-0.25, -0.2) is 4.79 Å². The molecule has 0 bridgehead atoms. The Labute approximate surface area is 130 Å². The van der Waals surface area contributed by atoms with E-state index >= 15 is 0 Å². The van der Waals surface area contributed by atoms with Crippen molar-refractivity contribution in [3.8, 4) is 5.75 Å². The lowest BCUT2D eigenvalue weighted by molar-refractivity contribution is -0.123. The first kappa shape index (κ1) is 17.8. The molecule has 0 saturated carbocycles. The Balaban J connectivity index is 2.50. The highest BCUT2D eigenvalue weighted by Crippen LogP contribution is 2.10. The summed E-state index contributed by atoms with van der Waals surface area (Å²) in [6, 6.07) is 5.90. The van der Waals surface area contributed by atoms with E-state index in [1.54, 1.807) is 45.0 Å². The van der Waals surface area contributed by atoms with Crippen molar-refractivity contribution < 1.29 is 19.4 Å². The molecule has 22 heavy (non-hydrogen) atoms. The fraction of sp³-hybridized carbons (Fsp3) is 0.500. The molecule has 3 N–H and O–H groups in total. The zero-order valence-corrected chi connectivity index (χ0v) is 13.5. The molecule has 1 rings (SSSR count). The van der Waals surface area contributed by atoms with E-state index in [4.69, 9.17) is 4.74 Å². The number of phenolic OH excluding ortho intramolecular Hbond substituents is 1. The van der Waals surface area contributed by atoms with E-state index in [0.717, 1.165) is 5.56 Å². The van der Waals surface area contributed by atoms with Crippen molar-refractivity contribution in [2.45, 2.75) is 52.3 Å². The van der Waals surface area contributed by atoms with Crippen LogP contribution in [0.4, 0.5) is 4.79 Å². The third-order valence-corrected chi connectivity index (χ3v) is 2.82. The molecule has 6 heteroatoms. The monoisotopic (exact) mass is 308 g/mol. The fourth-order valence-corrected chi connectivity index (χ4v) is 1.73. The van der Waals surface area contributed by atoms with Crippen LogP contribution in [0.1, 0.15) is 39.7 Å². The van der Waals surface area contributed by atoms with Crippen LogP contribution in [-0.4, -0.2) is 28.7 Å². The minimum Gasteiger partial charge on any atom is -0.508 e. The summed E-state index contributed by atoms with van der Waals surface area (Å²) in [7, 11) is 0. The molecule has 0 aromatic heterocycles. The van der Waals surface area contributed by atoms with Crippen LogP contribution in [-0.2, 0) is 16.1 Å². The molecule has 6 nitrogen and oxygen atoms in total. The Morgan fingerprint density at radius 2 is 1.82 bits per heavy atom. The highest BCUT2D eigenvalue weighted by atomic mass is 16.6. The Kier molecular flexibility index (Phi) is 6.22. The summed E-state index contributed by atoms with van der Waals surface area (Å²) >= 11 is 0. The van der Waals surface area contributed by atoms with Gasteiger partial charge in [-0.3, -0.25) is 4.79 Å². The van der Waals surface area contributed by atoms with E-state index < -0.39 is 17.7 Å². The molecule has 122 valence electrons. The molecule has 0 aliphatic carbocycles. The van der Waals surface area contributed by atoms with Gasteiger partial charge in [0.15, 0.2) is 0 Å². The van der Waals surface area contributed by atoms with E-state index in [0.29, 0.717) is 13.0 Å². The smallest absolute Gasteiger partial charge is 0.408 e. The molecular weight excluding hydrogens is 284 g/mol. The lowest BCUT2D eigenvalue weighted by Gasteiger charge is -2.22. The van der Waals surface area contributed by atoms with E-state index in [1.165, 1.54) is 0 Å². The third kappa shape index (κ3) is 6.47. The second-order valence-corrected chi connectivity index (χ2v) is 5.99. The molecule has 1 unspecified atom stereocenters. The maximum absolute atomic E-state index is 12.1. The van der Waals surface area contributed by atoms with Gasteiger partial charge in [0.25, 0.3) is 0 Å². The van der Waals surface area contributed by atoms with Crippen LogP contribution in [0.25, 0.3) is 0 Å². The van der Waals surface area contributed by atoms with Crippen LogP contribution in [0.3, 0.4) is 0 Å². The first-order chi connectivity index (χ1) is 10.2. The number of aromatic hydroxyl groups is 1. The van der Waals surface area contributed by atoms with Crippen LogP contribution < -0.4 is 10.6 Å². The second kappa shape index (κ2) is 7.68. The van der Waals surface area contributed by atoms with Crippen LogP contribution in [0.5, 0.6) is 5.75 Å². The van der Waals surface area contributed by atoms with Crippen molar-refractivity contribution in [3.05, 3.63) is 29.8 Å². The standard InChI is InChI=1S/C16H24N2O4/c1-5-13(18-15(21)22-16(2,3)4)14(20)17-10-11-6-8-12(19)9-7-11/h6-9,13,19H,5,10H2,1-4H3,(H,17,20)(H,18,21). The summed E-state index contributed by atoms with van der Waals surface area (Å²) in [5, 5.41) is 14.5. The highest BCUT2D eigenvalue weighted by molar-refractivity contribution is 5.85. The molecule has 0 aliphatic heterocycles. The number of carbonyl (C=O) groups excluding carboxylic acids is 2. The number of hydrogen-bond acceptors (Lipinski definition) is 4. The van der Waals surface area contributed by atoms with Gasteiger partial charge < -0.3 is 20.5 Å². The zero-order chi connectivity index (χ0) is 16.8. The lowest BCUT2D eigenvalue weighted by atomic mass is 10.2. The SMILES string of the molecule is CCC(NC(=O)OC(C)(C)C)C(=O)NCc1ccc(O)cc1. The van der Waals surface area contributed by atoms with E-state index in [1.807, 2.05) is 6.92 Å². The molecule has 0 spiro atoms. The van der Waals surface area contributed by atoms with Crippen molar-refractivity contribution in [1.82, 2.24) is 10.6 Å². The van der Waals surface area contributed by atoms with E-state index in [9.17, 15) is 14.7 Å². The van der Waals surface area contributed by atoms with Gasteiger partial charge in [0, 0.05) is 6.54 Å². The van der Waals surface area contributed by atoms with Gasteiger partial charge >= 0.3 is 6.09 Å². The molecule has 2 amide bonds. The summed E-state index contributed by atoms with van der Waals surface area (Å²) in [6.07, 6.45) is -0.153. The van der Waals surface area contributed by atoms with Crippen LogP contribution >= 0.6 is 0 Å². The van der Waals surface area contributed by atoms with Crippen molar-refractivity contribution in [2.75, 3.05) is 0 Å². The van der Waals surface area contributed by atoms with Crippen molar-refractivity contribution >= 4 is 12.0 Å². The maximum atomic E-state index is 12.1. The molecule has 0 radical (unpaired) electrons. The van der Waals surface area contributed by atoms with Gasteiger partial charge in [-0.1, -0.05) is 19.1 Å². The number of phenols is 1. The Morgan fingerprint density at radius 1 is 1.23 bits per heavy atom. The number of alkyl carbamates (subject to hydrolysis) is 1. The first-order valence-corrected chi connectivity index (χ1v) is 7.26. The molecular formula is C16H24N2O4. The summed E-state index contributed by atoms with van der Waals surface area (Å²) < 4.78 is 5.14. The van der Waals surface area contributed by atoms with Crippen LogP contribution in [0.2, 0.25) is 0 Å². The first-order valence-electron chi connectivity index (χ1n) is 7.26. The molecule has 1 atom stereocenters. The van der Waals surface area contributed by atoms with E-state index in [-0.39, 0.29) is 11.7 Å². The molecule has 0 fully saturated rings. The maximum Gasteiger partial charge on any atom is 0.408 e. The number of hydrogen-bond donors (Lipinski definition) is 3. The molecule has 1 aromatic carbocycles. The largest absolute Gasteiger partial charge is 0.508 e. The number of nitrogens with one attached hydrogen (secondary N) is 2. The van der Waals surface area contributed by atoms with Crippen LogP contribution in [0.15, 0.2) is 24.3 Å². The molecule has 1 aromatic rings. The molecule has 0 aliphatic rings. The van der Waals surface area contributed by atoms with Gasteiger partial charge in [-0.15, -0.1) is 0 Å². The normalized spacial score (nSPS) is 12.4. The van der Waals surface area contributed by atoms with Gasteiger partial charge in [0.2, 0.25) is 5.91 Å². The fourth-order valence-electron chi connectivity index (χ4n) is 1.73. The topological polar surface area (TPSA) is 87.7 Å². The number of ether oxygens (including phenoxy) is 1. The van der Waals surface area contributed by atoms with Crippen LogP contribution in [0, 0.1) is 0 Å². The predicted molar refractivity (Wildman–Crippen MR) is 83.4 cm³/mol. The minimum absolute atomic E-state index is 0.174. The number of rotatable bonds is 5. The zero-order valence-electron chi connectivity index (χ0n) is 13.5. The summed E-state index contributed by atoms with van der Waals surface area (Å²) in [5.74, 6) is -0.102. The van der Waals surface area contributed by atoms with Crippen molar-refractivity contribution in [1.29, 1.82) is 0 Å². The average molecular weight is 308 g/mol. The van der Waals surface area contributed by atoms with Crippen molar-refractivity contribution in [3.63, 3.8) is 0 Å². The van der Waals surface area contributed by atoms with Gasteiger partial charge in [-0.2, -0.15) is 0 Å². The van der Waals surface area contributed by atoms with Gasteiger partial charge in [-0.05, 0) is 44.9 Å². The van der Waals surface area contributed by atoms with E-state index in [2.05, 4.69) is 10.6 Å². The Hall–Kier alpha value is -2.24. The molecule has 0 saturated heterocycles. The summed E-state index contributed by atoms with van der Waals surface area (Å²) in [4.78, 5) is 23.8. The number of benzene rings is 1. The Bertz CT molecular complexity index is 506. The second-order valence-electron chi connectivity index (χ2n) is 5.99. The molecule has 0 heterocycles. The number of amides is 2. The highest BCUT2D eigenvalue weighted by Gasteiger charge is 2.22. The minimum atomic E-state index is -0.646. The number of carbonyl (C=O) groups is 2. The summed E-state index contributed by atoms with van der Waals surface area (Å²) in [6.45, 7) is 7.42. The quantitative estimate of drug-likeness (QED) is 0.779.